The molecule has 1 heterocycles. The summed E-state index contributed by atoms with van der Waals surface area (Å²) in [6.07, 6.45) is 1.46. The van der Waals surface area contributed by atoms with Crippen molar-refractivity contribution in [1.82, 2.24) is 14.5 Å². The van der Waals surface area contributed by atoms with Crippen molar-refractivity contribution < 1.29 is 8.42 Å². The van der Waals surface area contributed by atoms with Crippen LogP contribution in [0.3, 0.4) is 0 Å². The Balaban J connectivity index is 1.86. The molecule has 0 spiro atoms. The molecule has 0 bridgehead atoms. The molecule has 0 atom stereocenters. The monoisotopic (exact) mass is 446 g/mol. The van der Waals surface area contributed by atoms with Crippen LogP contribution >= 0.6 is 11.6 Å². The van der Waals surface area contributed by atoms with Gasteiger partial charge in [0, 0.05) is 22.5 Å². The molecular formula is C21H23ClN4O3S. The first-order valence-electron chi connectivity index (χ1n) is 9.22. The van der Waals surface area contributed by atoms with Gasteiger partial charge in [0.1, 0.15) is 0 Å². The average molecular weight is 447 g/mol. The first kappa shape index (κ1) is 22.0. The van der Waals surface area contributed by atoms with Gasteiger partial charge in [-0.25, -0.2) is 17.8 Å². The Hall–Kier alpha value is -2.68. The van der Waals surface area contributed by atoms with Crippen molar-refractivity contribution in [2.24, 2.45) is 4.99 Å². The maximum Gasteiger partial charge on any atom is 0.280 e. The average Bonchev–Trinajstić information content (AvgIpc) is 2.92. The topological polar surface area (TPSA) is 96.3 Å². The van der Waals surface area contributed by atoms with E-state index in [-0.39, 0.29) is 10.5 Å². The van der Waals surface area contributed by atoms with E-state index in [0.29, 0.717) is 27.7 Å². The fourth-order valence-corrected chi connectivity index (χ4v) is 4.42. The van der Waals surface area contributed by atoms with Crippen molar-refractivity contribution in [2.45, 2.75) is 38.1 Å². The Morgan fingerprint density at radius 3 is 2.40 bits per heavy atom. The molecule has 3 aromatic rings. The lowest BCUT2D eigenvalue weighted by Gasteiger charge is -2.20. The second-order valence-corrected chi connectivity index (χ2v) is 10.00. The highest BCUT2D eigenvalue weighted by molar-refractivity contribution is 7.89. The van der Waals surface area contributed by atoms with Gasteiger partial charge < -0.3 is 0 Å². The molecule has 0 saturated carbocycles. The maximum atomic E-state index is 12.8. The van der Waals surface area contributed by atoms with E-state index in [4.69, 9.17) is 11.6 Å². The van der Waals surface area contributed by atoms with Crippen molar-refractivity contribution in [3.63, 3.8) is 0 Å². The third-order valence-electron chi connectivity index (χ3n) is 4.11. The second kappa shape index (κ2) is 8.22. The number of hydrogen-bond donors (Lipinski definition) is 2. The molecule has 30 heavy (non-hydrogen) atoms. The molecule has 3 rings (SSSR count). The molecule has 0 amide bonds. The Bertz CT molecular complexity index is 1250. The molecule has 9 heteroatoms. The zero-order valence-electron chi connectivity index (χ0n) is 17.1. The van der Waals surface area contributed by atoms with E-state index in [0.717, 1.165) is 0 Å². The van der Waals surface area contributed by atoms with Gasteiger partial charge in [-0.15, -0.1) is 0 Å². The van der Waals surface area contributed by atoms with Crippen LogP contribution in [0, 0.1) is 6.92 Å². The number of aromatic nitrogens is 2. The Labute approximate surface area is 180 Å². The number of hydrogen-bond acceptors (Lipinski definition) is 4. The molecule has 0 aliphatic rings. The molecule has 0 saturated heterocycles. The Morgan fingerprint density at radius 2 is 1.80 bits per heavy atom. The molecule has 2 N–H and O–H groups in total. The van der Waals surface area contributed by atoms with Gasteiger partial charge in [0.25, 0.3) is 5.56 Å². The summed E-state index contributed by atoms with van der Waals surface area (Å²) in [5, 5.41) is 3.54. The first-order valence-corrected chi connectivity index (χ1v) is 11.1. The number of nitrogens with zero attached hydrogens (tertiary/aromatic N) is 2. The molecular weight excluding hydrogens is 424 g/mol. The number of sulfonamides is 1. The highest BCUT2D eigenvalue weighted by Crippen LogP contribution is 2.18. The summed E-state index contributed by atoms with van der Waals surface area (Å²) >= 11 is 6.01. The molecule has 1 aromatic heterocycles. The minimum atomic E-state index is -3.62. The van der Waals surface area contributed by atoms with Gasteiger partial charge in [0.15, 0.2) is 0 Å². The van der Waals surface area contributed by atoms with E-state index in [2.05, 4.69) is 14.8 Å². The van der Waals surface area contributed by atoms with Gasteiger partial charge >= 0.3 is 0 Å². The summed E-state index contributed by atoms with van der Waals surface area (Å²) in [6, 6.07) is 13.1. The van der Waals surface area contributed by atoms with E-state index < -0.39 is 15.6 Å². The van der Waals surface area contributed by atoms with Crippen molar-refractivity contribution in [1.29, 1.82) is 0 Å². The van der Waals surface area contributed by atoms with E-state index >= 15 is 0 Å². The second-order valence-electron chi connectivity index (χ2n) is 7.88. The van der Waals surface area contributed by atoms with Crippen molar-refractivity contribution in [3.8, 4) is 5.69 Å². The molecule has 2 aromatic carbocycles. The quantitative estimate of drug-likeness (QED) is 0.580. The van der Waals surface area contributed by atoms with Gasteiger partial charge in [0.2, 0.25) is 10.0 Å². The van der Waals surface area contributed by atoms with Crippen LogP contribution in [-0.2, 0) is 10.0 Å². The highest BCUT2D eigenvalue weighted by atomic mass is 35.5. The molecule has 0 fully saturated rings. The van der Waals surface area contributed by atoms with Crippen molar-refractivity contribution >= 4 is 33.5 Å². The maximum absolute atomic E-state index is 12.8. The predicted molar refractivity (Wildman–Crippen MR) is 120 cm³/mol. The molecule has 158 valence electrons. The van der Waals surface area contributed by atoms with Gasteiger partial charge in [-0.1, -0.05) is 17.7 Å². The number of benzene rings is 2. The smallest absolute Gasteiger partial charge is 0.280 e. The number of nitrogens with one attached hydrogen (secondary N) is 2. The highest BCUT2D eigenvalue weighted by Gasteiger charge is 2.21. The number of halogens is 1. The van der Waals surface area contributed by atoms with Crippen LogP contribution in [0.15, 0.2) is 63.2 Å². The third-order valence-corrected chi connectivity index (χ3v) is 6.12. The van der Waals surface area contributed by atoms with E-state index in [1.807, 2.05) is 0 Å². The Morgan fingerprint density at radius 1 is 1.13 bits per heavy atom. The summed E-state index contributed by atoms with van der Waals surface area (Å²) in [4.78, 5) is 17.2. The van der Waals surface area contributed by atoms with Crippen LogP contribution in [0.25, 0.3) is 5.69 Å². The third kappa shape index (κ3) is 5.08. The number of aliphatic imine (C=N–C) groups is 1. The van der Waals surface area contributed by atoms with Crippen molar-refractivity contribution in [2.75, 3.05) is 0 Å². The van der Waals surface area contributed by atoms with Crippen LogP contribution in [0.5, 0.6) is 0 Å². The molecule has 7 nitrogen and oxygen atoms in total. The fraction of sp³-hybridized carbons (Fsp3) is 0.238. The minimum Gasteiger partial charge on any atom is -0.295 e. The van der Waals surface area contributed by atoms with Gasteiger partial charge in [0.05, 0.1) is 21.8 Å². The molecule has 0 radical (unpaired) electrons. The van der Waals surface area contributed by atoms with E-state index in [1.165, 1.54) is 23.0 Å². The fourth-order valence-electron chi connectivity index (χ4n) is 2.82. The van der Waals surface area contributed by atoms with Crippen LogP contribution in [0.2, 0.25) is 5.02 Å². The minimum absolute atomic E-state index is 0.150. The number of H-pyrrole nitrogens is 1. The number of aromatic amines is 1. The van der Waals surface area contributed by atoms with E-state index in [9.17, 15) is 13.2 Å². The summed E-state index contributed by atoms with van der Waals surface area (Å²) < 4.78 is 28.8. The van der Waals surface area contributed by atoms with Gasteiger partial charge in [-0.2, -0.15) is 0 Å². The van der Waals surface area contributed by atoms with Crippen LogP contribution < -0.4 is 10.3 Å². The van der Waals surface area contributed by atoms with Crippen LogP contribution in [0.4, 0.5) is 5.69 Å². The molecule has 0 unspecified atom stereocenters. The lowest BCUT2D eigenvalue weighted by atomic mass is 10.1. The van der Waals surface area contributed by atoms with E-state index in [1.54, 1.807) is 64.1 Å². The Kier molecular flexibility index (Phi) is 6.03. The zero-order chi connectivity index (χ0) is 22.1. The normalized spacial score (nSPS) is 12.6. The standard InChI is InChI=1S/C21H23ClN4O3S/c1-14-19(20(27)26(24-14)17-7-5-6-15(22)12-17)13-23-16-8-10-18(11-9-16)30(28,29)25-21(2,3)4/h5-13,24-25H,1-4H3. The van der Waals surface area contributed by atoms with Gasteiger partial charge in [-0.3, -0.25) is 14.9 Å². The van der Waals surface area contributed by atoms with Crippen molar-refractivity contribution in [3.05, 3.63) is 75.2 Å². The summed E-state index contributed by atoms with van der Waals surface area (Å²) in [7, 11) is -3.62. The molecule has 0 aliphatic carbocycles. The number of rotatable bonds is 5. The molecule has 0 aliphatic heterocycles. The lowest BCUT2D eigenvalue weighted by molar-refractivity contribution is 0.491. The number of aryl methyl sites for hydroxylation is 1. The van der Waals surface area contributed by atoms with Crippen LogP contribution in [0.1, 0.15) is 32.0 Å². The first-order chi connectivity index (χ1) is 14.0. The largest absolute Gasteiger partial charge is 0.295 e. The zero-order valence-corrected chi connectivity index (χ0v) is 18.7. The predicted octanol–water partition coefficient (Wildman–Crippen LogP) is 3.95. The summed E-state index contributed by atoms with van der Waals surface area (Å²) in [6.45, 7) is 7.10. The summed E-state index contributed by atoms with van der Waals surface area (Å²) in [5.74, 6) is 0. The van der Waals surface area contributed by atoms with Crippen LogP contribution in [-0.4, -0.2) is 30.0 Å². The van der Waals surface area contributed by atoms with Gasteiger partial charge in [-0.05, 0) is 70.2 Å². The lowest BCUT2D eigenvalue weighted by Crippen LogP contribution is -2.40. The SMILES string of the molecule is Cc1[nH]n(-c2cccc(Cl)c2)c(=O)c1C=Nc1ccc(S(=O)(=O)NC(C)(C)C)cc1. The summed E-state index contributed by atoms with van der Waals surface area (Å²) in [5.41, 5.74) is 1.37.